The number of benzene rings is 1. The van der Waals surface area contributed by atoms with Crippen molar-refractivity contribution in [2.45, 2.75) is 76.1 Å². The number of carbonyl (C=O) groups is 4. The fraction of sp³-hybridized carbons (Fsp3) is 0.667. The molecule has 0 aromatic heterocycles. The van der Waals surface area contributed by atoms with Crippen LogP contribution in [-0.2, 0) is 35.1 Å². The van der Waals surface area contributed by atoms with E-state index in [1.807, 2.05) is 4.90 Å². The lowest BCUT2D eigenvalue weighted by Crippen LogP contribution is -2.57. The second-order valence-electron chi connectivity index (χ2n) is 11.7. The highest BCUT2D eigenvalue weighted by atomic mass is 19.1. The molecular weight excluding hydrogens is 547 g/mol. The molecule has 2 saturated heterocycles. The van der Waals surface area contributed by atoms with Crippen LogP contribution in [-0.4, -0.2) is 98.7 Å². The molecule has 1 aliphatic carbocycles. The molecule has 11 nitrogen and oxygen atoms in total. The summed E-state index contributed by atoms with van der Waals surface area (Å²) in [5.74, 6) is -1.71. The van der Waals surface area contributed by atoms with E-state index in [1.165, 1.54) is 26.2 Å². The Balaban J connectivity index is 1.46. The zero-order valence-electron chi connectivity index (χ0n) is 24.7. The Morgan fingerprint density at radius 1 is 1.07 bits per heavy atom. The van der Waals surface area contributed by atoms with Crippen LogP contribution in [0.1, 0.15) is 51.5 Å². The maximum absolute atomic E-state index is 14.9. The number of carbonyl (C=O) groups excluding carboxylic acids is 4. The van der Waals surface area contributed by atoms with E-state index < -0.39 is 41.4 Å². The molecule has 3 amide bonds. The Morgan fingerprint density at radius 3 is 2.36 bits per heavy atom. The number of Topliss-reactive ketones (excluding diaryl/α,β-unsaturated/α-hetero) is 1. The highest BCUT2D eigenvalue weighted by molar-refractivity contribution is 5.98. The number of halogens is 1. The van der Waals surface area contributed by atoms with E-state index >= 15 is 0 Å². The summed E-state index contributed by atoms with van der Waals surface area (Å²) in [4.78, 5) is 54.7. The van der Waals surface area contributed by atoms with Gasteiger partial charge in [-0.1, -0.05) is 31.7 Å². The molecule has 3 aliphatic rings. The molecule has 4 atom stereocenters. The number of epoxide rings is 1. The van der Waals surface area contributed by atoms with Crippen LogP contribution in [0.5, 0.6) is 5.75 Å². The Bertz CT molecular complexity index is 1130. The van der Waals surface area contributed by atoms with Crippen molar-refractivity contribution in [3.8, 4) is 5.75 Å². The smallest absolute Gasteiger partial charge is 0.243 e. The van der Waals surface area contributed by atoms with Crippen LogP contribution in [0.3, 0.4) is 0 Å². The molecule has 0 bridgehead atoms. The minimum absolute atomic E-state index is 0.119. The van der Waals surface area contributed by atoms with Gasteiger partial charge in [-0.05, 0) is 37.8 Å². The molecule has 0 unspecified atom stereocenters. The Hall–Kier alpha value is -3.09. The minimum Gasteiger partial charge on any atom is -0.497 e. The van der Waals surface area contributed by atoms with Gasteiger partial charge in [-0.2, -0.15) is 0 Å². The molecule has 3 fully saturated rings. The van der Waals surface area contributed by atoms with Crippen molar-refractivity contribution in [2.75, 3.05) is 46.6 Å². The van der Waals surface area contributed by atoms with E-state index in [1.54, 1.807) is 13.0 Å². The highest BCUT2D eigenvalue weighted by Crippen LogP contribution is 2.33. The molecule has 232 valence electrons. The van der Waals surface area contributed by atoms with Crippen LogP contribution >= 0.6 is 0 Å². The molecular formula is C30H43FN4O7. The molecule has 2 aliphatic heterocycles. The van der Waals surface area contributed by atoms with Gasteiger partial charge >= 0.3 is 0 Å². The fourth-order valence-corrected chi connectivity index (χ4v) is 5.56. The summed E-state index contributed by atoms with van der Waals surface area (Å²) in [5, 5.41) is 8.21. The number of methoxy groups -OCH3 is 1. The van der Waals surface area contributed by atoms with Gasteiger partial charge < -0.3 is 30.2 Å². The van der Waals surface area contributed by atoms with Gasteiger partial charge in [0.25, 0.3) is 0 Å². The van der Waals surface area contributed by atoms with Gasteiger partial charge in [-0.15, -0.1) is 0 Å². The Kier molecular flexibility index (Phi) is 10.9. The third-order valence-corrected chi connectivity index (χ3v) is 8.33. The van der Waals surface area contributed by atoms with E-state index in [-0.39, 0.29) is 30.2 Å². The van der Waals surface area contributed by atoms with Crippen molar-refractivity contribution in [1.82, 2.24) is 20.9 Å². The van der Waals surface area contributed by atoms with Crippen LogP contribution in [0.25, 0.3) is 0 Å². The molecule has 3 N–H and O–H groups in total. The van der Waals surface area contributed by atoms with Crippen LogP contribution in [0.2, 0.25) is 0 Å². The quantitative estimate of drug-likeness (QED) is 0.274. The first-order valence-electron chi connectivity index (χ1n) is 14.8. The highest BCUT2D eigenvalue weighted by Gasteiger charge is 2.50. The molecule has 42 heavy (non-hydrogen) atoms. The maximum atomic E-state index is 14.9. The lowest BCUT2D eigenvalue weighted by Gasteiger charge is -2.27. The second-order valence-corrected chi connectivity index (χ2v) is 11.7. The maximum Gasteiger partial charge on any atom is 0.243 e. The van der Waals surface area contributed by atoms with Crippen LogP contribution in [0, 0.1) is 11.7 Å². The average molecular weight is 591 g/mol. The van der Waals surface area contributed by atoms with Crippen LogP contribution in [0.15, 0.2) is 18.2 Å². The predicted molar refractivity (Wildman–Crippen MR) is 151 cm³/mol. The number of morpholine rings is 1. The predicted octanol–water partition coefficient (Wildman–Crippen LogP) is 1.12. The summed E-state index contributed by atoms with van der Waals surface area (Å²) < 4.78 is 30.7. The number of ether oxygens (including phenoxy) is 3. The van der Waals surface area contributed by atoms with E-state index in [0.29, 0.717) is 51.0 Å². The molecule has 4 rings (SSSR count). The second kappa shape index (κ2) is 14.4. The van der Waals surface area contributed by atoms with Crippen molar-refractivity contribution < 1.29 is 37.8 Å². The van der Waals surface area contributed by atoms with E-state index in [2.05, 4.69) is 16.0 Å². The molecule has 1 aromatic carbocycles. The summed E-state index contributed by atoms with van der Waals surface area (Å²) in [5.41, 5.74) is -0.743. The van der Waals surface area contributed by atoms with Gasteiger partial charge in [0.05, 0.1) is 39.5 Å². The van der Waals surface area contributed by atoms with Crippen molar-refractivity contribution >= 4 is 23.5 Å². The van der Waals surface area contributed by atoms with Gasteiger partial charge in [-0.25, -0.2) is 4.39 Å². The van der Waals surface area contributed by atoms with E-state index in [4.69, 9.17) is 14.2 Å². The third kappa shape index (κ3) is 8.71. The van der Waals surface area contributed by atoms with Crippen molar-refractivity contribution in [2.24, 2.45) is 5.92 Å². The van der Waals surface area contributed by atoms with Gasteiger partial charge in [0.1, 0.15) is 29.3 Å². The third-order valence-electron chi connectivity index (χ3n) is 8.33. The minimum atomic E-state index is -1.20. The number of nitrogens with zero attached hydrogens (tertiary/aromatic N) is 1. The van der Waals surface area contributed by atoms with Crippen molar-refractivity contribution in [1.29, 1.82) is 0 Å². The lowest BCUT2D eigenvalue weighted by atomic mass is 9.90. The first kappa shape index (κ1) is 31.8. The summed E-state index contributed by atoms with van der Waals surface area (Å²) in [6.07, 6.45) is 4.44. The summed E-state index contributed by atoms with van der Waals surface area (Å²) >= 11 is 0. The van der Waals surface area contributed by atoms with Gasteiger partial charge in [0, 0.05) is 25.6 Å². The summed E-state index contributed by atoms with van der Waals surface area (Å²) in [6, 6.07) is 1.32. The monoisotopic (exact) mass is 590 g/mol. The summed E-state index contributed by atoms with van der Waals surface area (Å²) in [7, 11) is 1.42. The molecule has 0 radical (unpaired) electrons. The summed E-state index contributed by atoms with van der Waals surface area (Å²) in [6.45, 7) is 5.96. The average Bonchev–Trinajstić information content (AvgIpc) is 3.51. The lowest BCUT2D eigenvalue weighted by molar-refractivity contribution is -0.134. The van der Waals surface area contributed by atoms with E-state index in [9.17, 15) is 23.6 Å². The van der Waals surface area contributed by atoms with Crippen LogP contribution in [0.4, 0.5) is 4.39 Å². The van der Waals surface area contributed by atoms with E-state index in [0.717, 1.165) is 25.7 Å². The molecule has 1 aromatic rings. The van der Waals surface area contributed by atoms with Gasteiger partial charge in [0.2, 0.25) is 17.7 Å². The zero-order valence-corrected chi connectivity index (χ0v) is 24.7. The normalized spacial score (nSPS) is 23.0. The van der Waals surface area contributed by atoms with Crippen LogP contribution < -0.4 is 20.7 Å². The van der Waals surface area contributed by atoms with Crippen molar-refractivity contribution in [3.63, 3.8) is 0 Å². The SMILES string of the molecule is COc1ccc(C[C@H](NC(=O)[C@H](C)NC(=O)CN2CCOCC2)C(=O)N[C@@H](CC2CCCC2)C(=O)[C@]2(C)CO2)c(F)c1. The Labute approximate surface area is 246 Å². The number of amides is 3. The number of nitrogens with one attached hydrogen (secondary N) is 3. The number of rotatable bonds is 14. The standard InChI is InChI=1S/C30H43FN4O7/c1-19(32-26(36)17-35-10-12-41-13-11-35)28(38)34-25(15-21-8-9-22(40-3)16-23(21)31)29(39)33-24(14-20-6-4-5-7-20)27(37)30(2)18-42-30/h8-9,16,19-20,24-25H,4-7,10-15,17-18H2,1-3H3,(H,32,36)(H,33,39)(H,34,38)/t19-,24-,25-,30-/m0/s1. The first-order valence-corrected chi connectivity index (χ1v) is 14.8. The Morgan fingerprint density at radius 2 is 1.74 bits per heavy atom. The van der Waals surface area contributed by atoms with Crippen molar-refractivity contribution in [3.05, 3.63) is 29.6 Å². The number of hydrogen-bond donors (Lipinski definition) is 3. The number of hydrogen-bond acceptors (Lipinski definition) is 8. The largest absolute Gasteiger partial charge is 0.497 e. The topological polar surface area (TPSA) is 139 Å². The molecule has 1 saturated carbocycles. The fourth-order valence-electron chi connectivity index (χ4n) is 5.56. The first-order chi connectivity index (χ1) is 20.1. The molecule has 0 spiro atoms. The molecule has 12 heteroatoms. The molecule has 2 heterocycles. The van der Waals surface area contributed by atoms with Gasteiger partial charge in [-0.3, -0.25) is 24.1 Å². The van der Waals surface area contributed by atoms with Gasteiger partial charge in [0.15, 0.2) is 5.78 Å². The zero-order chi connectivity index (χ0) is 30.3. The number of ketones is 1.